The zero-order valence-electron chi connectivity index (χ0n) is 11.4. The summed E-state index contributed by atoms with van der Waals surface area (Å²) in [6.07, 6.45) is 1.35. The van der Waals surface area contributed by atoms with Crippen LogP contribution in [0.3, 0.4) is 0 Å². The zero-order valence-corrected chi connectivity index (χ0v) is 11.4. The van der Waals surface area contributed by atoms with Gasteiger partial charge in [-0.1, -0.05) is 20.8 Å². The Hall–Kier alpha value is -1.10. The van der Waals surface area contributed by atoms with E-state index >= 15 is 0 Å². The van der Waals surface area contributed by atoms with Crippen molar-refractivity contribution >= 4 is 11.8 Å². The molecule has 5 nitrogen and oxygen atoms in total. The molecule has 0 saturated heterocycles. The number of rotatable bonds is 7. The fourth-order valence-electron chi connectivity index (χ4n) is 1.16. The highest BCUT2D eigenvalue weighted by molar-refractivity contribution is 5.81. The fourth-order valence-corrected chi connectivity index (χ4v) is 1.16. The van der Waals surface area contributed by atoms with Crippen molar-refractivity contribution in [2.45, 2.75) is 33.6 Å². The molecule has 0 rings (SSSR count). The minimum atomic E-state index is -0.378. The second kappa shape index (κ2) is 8.06. The quantitative estimate of drug-likeness (QED) is 0.562. The van der Waals surface area contributed by atoms with E-state index in [2.05, 4.69) is 16.0 Å². The third-order valence-corrected chi connectivity index (χ3v) is 2.24. The number of amides is 2. The minimum absolute atomic E-state index is 0.00179. The largest absolute Gasteiger partial charge is 0.354 e. The molecule has 0 aromatic heterocycles. The highest BCUT2D eigenvalue weighted by Gasteiger charge is 2.20. The van der Waals surface area contributed by atoms with Crippen molar-refractivity contribution in [3.8, 4) is 0 Å². The summed E-state index contributed by atoms with van der Waals surface area (Å²) >= 11 is 0. The standard InChI is InChI=1S/C12H25N3O2/c1-12(2,3)11(17)15-9-8-14-10(16)6-5-7-13-4/h13H,5-9H2,1-4H3,(H,14,16)(H,15,17). The van der Waals surface area contributed by atoms with Crippen LogP contribution in [0.2, 0.25) is 0 Å². The maximum absolute atomic E-state index is 11.5. The molecule has 5 heteroatoms. The van der Waals surface area contributed by atoms with Gasteiger partial charge < -0.3 is 16.0 Å². The van der Waals surface area contributed by atoms with Crippen molar-refractivity contribution < 1.29 is 9.59 Å². The smallest absolute Gasteiger partial charge is 0.225 e. The zero-order chi connectivity index (χ0) is 13.3. The Balaban J connectivity index is 3.51. The van der Waals surface area contributed by atoms with Crippen LogP contribution in [0.15, 0.2) is 0 Å². The Labute approximate surface area is 104 Å². The lowest BCUT2D eigenvalue weighted by atomic mass is 9.96. The van der Waals surface area contributed by atoms with Crippen molar-refractivity contribution in [2.75, 3.05) is 26.7 Å². The van der Waals surface area contributed by atoms with Gasteiger partial charge in [0.1, 0.15) is 0 Å². The van der Waals surface area contributed by atoms with E-state index in [9.17, 15) is 9.59 Å². The molecule has 0 bridgehead atoms. The first-order valence-electron chi connectivity index (χ1n) is 6.07. The number of carbonyl (C=O) groups excluding carboxylic acids is 2. The molecule has 0 fully saturated rings. The van der Waals surface area contributed by atoms with Gasteiger partial charge >= 0.3 is 0 Å². The average Bonchev–Trinajstić information content (AvgIpc) is 2.23. The van der Waals surface area contributed by atoms with E-state index in [1.165, 1.54) is 0 Å². The van der Waals surface area contributed by atoms with E-state index in [1.54, 1.807) is 0 Å². The SMILES string of the molecule is CNCCCC(=O)NCCNC(=O)C(C)(C)C. The first-order chi connectivity index (χ1) is 7.88. The first kappa shape index (κ1) is 15.9. The summed E-state index contributed by atoms with van der Waals surface area (Å²) in [5, 5.41) is 8.53. The molecular formula is C12H25N3O2. The second-order valence-electron chi connectivity index (χ2n) is 5.06. The monoisotopic (exact) mass is 243 g/mol. The summed E-state index contributed by atoms with van der Waals surface area (Å²) < 4.78 is 0. The van der Waals surface area contributed by atoms with Crippen molar-refractivity contribution in [1.82, 2.24) is 16.0 Å². The van der Waals surface area contributed by atoms with Crippen LogP contribution in [0.5, 0.6) is 0 Å². The topological polar surface area (TPSA) is 70.2 Å². The van der Waals surface area contributed by atoms with Crippen LogP contribution in [0.1, 0.15) is 33.6 Å². The summed E-state index contributed by atoms with van der Waals surface area (Å²) in [5.74, 6) is 0.0344. The summed E-state index contributed by atoms with van der Waals surface area (Å²) in [6.45, 7) is 7.39. The van der Waals surface area contributed by atoms with Gasteiger partial charge in [-0.25, -0.2) is 0 Å². The Kier molecular flexibility index (Phi) is 7.54. The maximum Gasteiger partial charge on any atom is 0.225 e. The van der Waals surface area contributed by atoms with Gasteiger partial charge in [0.15, 0.2) is 0 Å². The Bertz CT molecular complexity index is 247. The highest BCUT2D eigenvalue weighted by Crippen LogP contribution is 2.11. The van der Waals surface area contributed by atoms with Crippen LogP contribution >= 0.6 is 0 Å². The van der Waals surface area contributed by atoms with Crippen molar-refractivity contribution in [2.24, 2.45) is 5.41 Å². The Morgan fingerprint density at radius 2 is 1.59 bits per heavy atom. The molecule has 0 heterocycles. The lowest BCUT2D eigenvalue weighted by Gasteiger charge is -2.17. The molecule has 0 aromatic carbocycles. The van der Waals surface area contributed by atoms with Crippen LogP contribution in [0.25, 0.3) is 0 Å². The van der Waals surface area contributed by atoms with Crippen LogP contribution in [0, 0.1) is 5.41 Å². The molecule has 0 aliphatic rings. The van der Waals surface area contributed by atoms with E-state index in [1.807, 2.05) is 27.8 Å². The molecule has 0 aliphatic carbocycles. The van der Waals surface area contributed by atoms with E-state index in [0.717, 1.165) is 13.0 Å². The lowest BCUT2D eigenvalue weighted by Crippen LogP contribution is -2.39. The van der Waals surface area contributed by atoms with E-state index in [-0.39, 0.29) is 17.2 Å². The molecule has 0 aliphatic heterocycles. The van der Waals surface area contributed by atoms with Gasteiger partial charge in [-0.15, -0.1) is 0 Å². The first-order valence-corrected chi connectivity index (χ1v) is 6.07. The van der Waals surface area contributed by atoms with Crippen LogP contribution in [0.4, 0.5) is 0 Å². The van der Waals surface area contributed by atoms with E-state index in [0.29, 0.717) is 19.5 Å². The fraction of sp³-hybridized carbons (Fsp3) is 0.833. The maximum atomic E-state index is 11.5. The van der Waals surface area contributed by atoms with Crippen LogP contribution < -0.4 is 16.0 Å². The molecule has 0 spiro atoms. The molecule has 3 N–H and O–H groups in total. The highest BCUT2D eigenvalue weighted by atomic mass is 16.2. The van der Waals surface area contributed by atoms with Gasteiger partial charge in [0.2, 0.25) is 11.8 Å². The number of carbonyl (C=O) groups is 2. The van der Waals surface area contributed by atoms with E-state index in [4.69, 9.17) is 0 Å². The van der Waals surface area contributed by atoms with Gasteiger partial charge in [-0.05, 0) is 20.0 Å². The van der Waals surface area contributed by atoms with Gasteiger partial charge in [0.25, 0.3) is 0 Å². The van der Waals surface area contributed by atoms with Gasteiger partial charge in [-0.3, -0.25) is 9.59 Å². The Morgan fingerprint density at radius 3 is 2.12 bits per heavy atom. The molecular weight excluding hydrogens is 218 g/mol. The lowest BCUT2D eigenvalue weighted by molar-refractivity contribution is -0.128. The van der Waals surface area contributed by atoms with Gasteiger partial charge in [0, 0.05) is 24.9 Å². The molecule has 0 aromatic rings. The van der Waals surface area contributed by atoms with Gasteiger partial charge in [0.05, 0.1) is 0 Å². The minimum Gasteiger partial charge on any atom is -0.354 e. The third-order valence-electron chi connectivity index (χ3n) is 2.24. The molecule has 0 atom stereocenters. The third kappa shape index (κ3) is 8.68. The molecule has 0 unspecified atom stereocenters. The summed E-state index contributed by atoms with van der Waals surface area (Å²) in [7, 11) is 1.86. The second-order valence-corrected chi connectivity index (χ2v) is 5.06. The van der Waals surface area contributed by atoms with Crippen LogP contribution in [-0.2, 0) is 9.59 Å². The molecule has 17 heavy (non-hydrogen) atoms. The van der Waals surface area contributed by atoms with Gasteiger partial charge in [-0.2, -0.15) is 0 Å². The Morgan fingerprint density at radius 1 is 1.00 bits per heavy atom. The number of nitrogens with one attached hydrogen (secondary N) is 3. The van der Waals surface area contributed by atoms with Crippen molar-refractivity contribution in [3.63, 3.8) is 0 Å². The van der Waals surface area contributed by atoms with E-state index < -0.39 is 0 Å². The summed E-state index contributed by atoms with van der Waals surface area (Å²) in [6, 6.07) is 0. The molecule has 0 saturated carbocycles. The normalized spacial score (nSPS) is 11.1. The molecule has 100 valence electrons. The number of hydrogen-bond donors (Lipinski definition) is 3. The van der Waals surface area contributed by atoms with Crippen molar-refractivity contribution in [3.05, 3.63) is 0 Å². The van der Waals surface area contributed by atoms with Crippen LogP contribution in [-0.4, -0.2) is 38.5 Å². The summed E-state index contributed by atoms with van der Waals surface area (Å²) in [5.41, 5.74) is -0.378. The predicted octanol–water partition coefficient (Wildman–Crippen LogP) is 0.265. The summed E-state index contributed by atoms with van der Waals surface area (Å²) in [4.78, 5) is 22.8. The molecule has 0 radical (unpaired) electrons. The average molecular weight is 243 g/mol. The number of hydrogen-bond acceptors (Lipinski definition) is 3. The predicted molar refractivity (Wildman–Crippen MR) is 68.6 cm³/mol. The van der Waals surface area contributed by atoms with Crippen molar-refractivity contribution in [1.29, 1.82) is 0 Å². The molecule has 2 amide bonds.